The number of carbonyl (C=O) groups is 1. The van der Waals surface area contributed by atoms with E-state index in [0.717, 1.165) is 12.1 Å². The normalized spacial score (nSPS) is 23.1. The number of hydrogen-bond donors (Lipinski definition) is 0. The lowest BCUT2D eigenvalue weighted by Gasteiger charge is -2.36. The average molecular weight is 293 g/mol. The maximum atomic E-state index is 12.0. The van der Waals surface area contributed by atoms with Gasteiger partial charge in [-0.05, 0) is 18.1 Å². The molecule has 20 heavy (non-hydrogen) atoms. The minimum Gasteiger partial charge on any atom is -0.469 e. The van der Waals surface area contributed by atoms with E-state index in [1.54, 1.807) is 0 Å². The third kappa shape index (κ3) is 3.12. The molecule has 4 nitrogen and oxygen atoms in total. The van der Waals surface area contributed by atoms with Crippen LogP contribution in [0, 0.1) is 17.2 Å². The Kier molecular flexibility index (Phi) is 4.99. The molecule has 0 bridgehead atoms. The van der Waals surface area contributed by atoms with Crippen LogP contribution >= 0.6 is 11.6 Å². The first-order valence-corrected chi connectivity index (χ1v) is 6.96. The molecule has 0 saturated carbocycles. The summed E-state index contributed by atoms with van der Waals surface area (Å²) in [5.74, 6) is -0.431. The van der Waals surface area contributed by atoms with Gasteiger partial charge in [0.25, 0.3) is 0 Å². The van der Waals surface area contributed by atoms with E-state index in [1.807, 2.05) is 29.2 Å². The number of piperidine rings is 1. The van der Waals surface area contributed by atoms with E-state index in [9.17, 15) is 4.79 Å². The maximum Gasteiger partial charge on any atom is 0.309 e. The number of esters is 1. The van der Waals surface area contributed by atoms with E-state index >= 15 is 0 Å². The van der Waals surface area contributed by atoms with Crippen LogP contribution in [0.4, 0.5) is 0 Å². The van der Waals surface area contributed by atoms with Gasteiger partial charge in [0.1, 0.15) is 0 Å². The Bertz CT molecular complexity index is 527. The quantitative estimate of drug-likeness (QED) is 0.634. The van der Waals surface area contributed by atoms with Crippen LogP contribution in [0.2, 0.25) is 5.02 Å². The van der Waals surface area contributed by atoms with Gasteiger partial charge in [-0.3, -0.25) is 9.69 Å². The molecule has 0 N–H and O–H groups in total. The number of benzene rings is 1. The van der Waals surface area contributed by atoms with Crippen LogP contribution in [-0.4, -0.2) is 37.6 Å². The van der Waals surface area contributed by atoms with E-state index < -0.39 is 0 Å². The van der Waals surface area contributed by atoms with Gasteiger partial charge in [-0.2, -0.15) is 5.26 Å². The molecule has 2 unspecified atom stereocenters. The van der Waals surface area contributed by atoms with E-state index in [4.69, 9.17) is 21.6 Å². The van der Waals surface area contributed by atoms with Crippen LogP contribution in [0.1, 0.15) is 17.9 Å². The van der Waals surface area contributed by atoms with Crippen molar-refractivity contribution in [3.63, 3.8) is 0 Å². The molecule has 106 valence electrons. The average Bonchev–Trinajstić information content (AvgIpc) is 2.47. The Hall–Kier alpha value is -1.57. The molecule has 0 aromatic heterocycles. The van der Waals surface area contributed by atoms with Gasteiger partial charge in [-0.15, -0.1) is 0 Å². The van der Waals surface area contributed by atoms with Crippen LogP contribution in [0.3, 0.4) is 0 Å². The first-order valence-electron chi connectivity index (χ1n) is 6.59. The summed E-state index contributed by atoms with van der Waals surface area (Å²) in [6, 6.07) is 9.72. The summed E-state index contributed by atoms with van der Waals surface area (Å²) < 4.78 is 4.91. The van der Waals surface area contributed by atoms with E-state index in [-0.39, 0.29) is 17.8 Å². The highest BCUT2D eigenvalue weighted by Crippen LogP contribution is 2.36. The number of hydrogen-bond acceptors (Lipinski definition) is 4. The molecular weight excluding hydrogens is 276 g/mol. The standard InChI is InChI=1S/C15H17ClN2O2/c1-20-15(19)12-6-8-18(9-7-17)10-13(12)11-4-2-3-5-14(11)16/h2-5,12-13H,6,8-10H2,1H3. The second kappa shape index (κ2) is 6.74. The number of methoxy groups -OCH3 is 1. The molecule has 5 heteroatoms. The fourth-order valence-electron chi connectivity index (χ4n) is 2.79. The Morgan fingerprint density at radius 1 is 1.55 bits per heavy atom. The monoisotopic (exact) mass is 292 g/mol. The van der Waals surface area contributed by atoms with Crippen molar-refractivity contribution in [3.05, 3.63) is 34.9 Å². The van der Waals surface area contributed by atoms with Crippen LogP contribution in [-0.2, 0) is 9.53 Å². The van der Waals surface area contributed by atoms with Gasteiger partial charge >= 0.3 is 5.97 Å². The van der Waals surface area contributed by atoms with E-state index in [0.29, 0.717) is 24.5 Å². The number of nitrogens with zero attached hydrogens (tertiary/aromatic N) is 2. The van der Waals surface area contributed by atoms with Crippen molar-refractivity contribution in [1.82, 2.24) is 4.90 Å². The van der Waals surface area contributed by atoms with Crippen molar-refractivity contribution in [3.8, 4) is 6.07 Å². The first kappa shape index (κ1) is 14.8. The second-order valence-corrected chi connectivity index (χ2v) is 5.35. The largest absolute Gasteiger partial charge is 0.469 e. The zero-order valence-electron chi connectivity index (χ0n) is 11.4. The molecule has 1 fully saturated rings. The fraction of sp³-hybridized carbons (Fsp3) is 0.467. The van der Waals surface area contributed by atoms with Crippen molar-refractivity contribution in [2.75, 3.05) is 26.7 Å². The number of nitriles is 1. The molecule has 0 aliphatic carbocycles. The Labute approximate surface area is 123 Å². The Morgan fingerprint density at radius 2 is 2.30 bits per heavy atom. The summed E-state index contributed by atoms with van der Waals surface area (Å²) in [6.07, 6.45) is 0.685. The number of rotatable bonds is 3. The van der Waals surface area contributed by atoms with Crippen LogP contribution in [0.25, 0.3) is 0 Å². The summed E-state index contributed by atoms with van der Waals surface area (Å²) in [4.78, 5) is 14.0. The smallest absolute Gasteiger partial charge is 0.309 e. The predicted molar refractivity (Wildman–Crippen MR) is 76.4 cm³/mol. The van der Waals surface area contributed by atoms with Gasteiger partial charge < -0.3 is 4.74 Å². The van der Waals surface area contributed by atoms with Gasteiger partial charge in [0.2, 0.25) is 0 Å². The third-order valence-corrected chi connectivity index (χ3v) is 4.14. The lowest BCUT2D eigenvalue weighted by atomic mass is 9.80. The molecule has 1 saturated heterocycles. The van der Waals surface area contributed by atoms with E-state index in [2.05, 4.69) is 6.07 Å². The SMILES string of the molecule is COC(=O)C1CCN(CC#N)CC1c1ccccc1Cl. The number of halogens is 1. The highest BCUT2D eigenvalue weighted by atomic mass is 35.5. The molecule has 1 heterocycles. The maximum absolute atomic E-state index is 12.0. The molecule has 1 aromatic rings. The summed E-state index contributed by atoms with van der Waals surface area (Å²) in [5.41, 5.74) is 0.951. The lowest BCUT2D eigenvalue weighted by Crippen LogP contribution is -2.42. The first-order chi connectivity index (χ1) is 9.67. The van der Waals surface area contributed by atoms with Gasteiger partial charge in [0, 0.05) is 24.0 Å². The minimum absolute atomic E-state index is 0.0294. The van der Waals surface area contributed by atoms with Crippen molar-refractivity contribution in [2.45, 2.75) is 12.3 Å². The zero-order valence-corrected chi connectivity index (χ0v) is 12.1. The lowest BCUT2D eigenvalue weighted by molar-refractivity contribution is -0.147. The molecule has 0 amide bonds. The summed E-state index contributed by atoms with van der Waals surface area (Å²) in [6.45, 7) is 1.75. The van der Waals surface area contributed by atoms with Gasteiger partial charge in [-0.1, -0.05) is 29.8 Å². The van der Waals surface area contributed by atoms with Crippen molar-refractivity contribution < 1.29 is 9.53 Å². The molecule has 2 rings (SSSR count). The minimum atomic E-state index is -0.202. The molecule has 1 aliphatic rings. The molecule has 0 radical (unpaired) electrons. The van der Waals surface area contributed by atoms with Crippen LogP contribution in [0.15, 0.2) is 24.3 Å². The predicted octanol–water partition coefficient (Wildman–Crippen LogP) is 2.44. The highest BCUT2D eigenvalue weighted by molar-refractivity contribution is 6.31. The molecule has 1 aromatic carbocycles. The van der Waals surface area contributed by atoms with Crippen molar-refractivity contribution in [1.29, 1.82) is 5.26 Å². The van der Waals surface area contributed by atoms with Gasteiger partial charge in [0.05, 0.1) is 25.6 Å². The van der Waals surface area contributed by atoms with Crippen LogP contribution < -0.4 is 0 Å². The topological polar surface area (TPSA) is 53.3 Å². The molecular formula is C15H17ClN2O2. The fourth-order valence-corrected chi connectivity index (χ4v) is 3.06. The summed E-state index contributed by atoms with van der Waals surface area (Å²) >= 11 is 6.26. The van der Waals surface area contributed by atoms with Crippen molar-refractivity contribution >= 4 is 17.6 Å². The molecule has 1 aliphatic heterocycles. The molecule has 2 atom stereocenters. The van der Waals surface area contributed by atoms with E-state index in [1.165, 1.54) is 7.11 Å². The Balaban J connectivity index is 2.29. The van der Waals surface area contributed by atoms with Crippen molar-refractivity contribution in [2.24, 2.45) is 5.92 Å². The van der Waals surface area contributed by atoms with Crippen LogP contribution in [0.5, 0.6) is 0 Å². The number of likely N-dealkylation sites (tertiary alicyclic amines) is 1. The molecule has 0 spiro atoms. The second-order valence-electron chi connectivity index (χ2n) is 4.94. The van der Waals surface area contributed by atoms with Gasteiger partial charge in [0.15, 0.2) is 0 Å². The Morgan fingerprint density at radius 3 is 2.95 bits per heavy atom. The number of carbonyl (C=O) groups excluding carboxylic acids is 1. The number of ether oxygens (including phenoxy) is 1. The third-order valence-electron chi connectivity index (χ3n) is 3.80. The highest BCUT2D eigenvalue weighted by Gasteiger charge is 2.36. The summed E-state index contributed by atoms with van der Waals surface area (Å²) in [5, 5.41) is 9.50. The summed E-state index contributed by atoms with van der Waals surface area (Å²) in [7, 11) is 1.41. The zero-order chi connectivity index (χ0) is 14.5. The van der Waals surface area contributed by atoms with Gasteiger partial charge in [-0.25, -0.2) is 0 Å².